The van der Waals surface area contributed by atoms with Crippen LogP contribution in [0.5, 0.6) is 0 Å². The van der Waals surface area contributed by atoms with Crippen molar-refractivity contribution in [2.24, 2.45) is 5.92 Å². The third-order valence-corrected chi connectivity index (χ3v) is 4.78. The van der Waals surface area contributed by atoms with E-state index in [9.17, 15) is 4.79 Å². The summed E-state index contributed by atoms with van der Waals surface area (Å²) in [6, 6.07) is 12.9. The van der Waals surface area contributed by atoms with E-state index in [0.29, 0.717) is 12.3 Å². The molecular weight excluding hydrogens is 347 g/mol. The van der Waals surface area contributed by atoms with Crippen molar-refractivity contribution in [3.05, 3.63) is 57.7 Å². The van der Waals surface area contributed by atoms with Crippen LogP contribution in [0.3, 0.4) is 0 Å². The standard InChI is InChI=1S/C17H15IO/c18-17-10-7-13-3-1-2-4-15(13)16(17)11-12-5-8-14(19)9-6-12/h1-5,7-8,10,12H,6,9,11H2. The summed E-state index contributed by atoms with van der Waals surface area (Å²) in [6.07, 6.45) is 6.55. The molecule has 0 bridgehead atoms. The van der Waals surface area contributed by atoms with Crippen molar-refractivity contribution < 1.29 is 4.79 Å². The fourth-order valence-electron chi connectivity index (χ4n) is 2.70. The van der Waals surface area contributed by atoms with E-state index in [-0.39, 0.29) is 5.78 Å². The summed E-state index contributed by atoms with van der Waals surface area (Å²) in [4.78, 5) is 11.3. The number of fused-ring (bicyclic) bond motifs is 1. The van der Waals surface area contributed by atoms with E-state index in [1.54, 1.807) is 6.08 Å². The zero-order chi connectivity index (χ0) is 13.2. The fourth-order valence-corrected chi connectivity index (χ4v) is 3.39. The summed E-state index contributed by atoms with van der Waals surface area (Å²) in [5.74, 6) is 0.765. The molecule has 2 aromatic rings. The molecule has 0 amide bonds. The molecule has 0 saturated carbocycles. The zero-order valence-electron chi connectivity index (χ0n) is 10.6. The quantitative estimate of drug-likeness (QED) is 0.718. The van der Waals surface area contributed by atoms with Gasteiger partial charge in [-0.25, -0.2) is 0 Å². The molecule has 1 aliphatic rings. The van der Waals surface area contributed by atoms with E-state index in [1.807, 2.05) is 0 Å². The summed E-state index contributed by atoms with van der Waals surface area (Å²) in [5.41, 5.74) is 1.42. The van der Waals surface area contributed by atoms with E-state index < -0.39 is 0 Å². The predicted molar refractivity (Wildman–Crippen MR) is 87.2 cm³/mol. The summed E-state index contributed by atoms with van der Waals surface area (Å²) < 4.78 is 1.32. The first-order valence-corrected chi connectivity index (χ1v) is 7.69. The SMILES string of the molecule is O=C1C=CC(Cc2c(I)ccc3ccccc23)CC1. The maximum atomic E-state index is 11.3. The highest BCUT2D eigenvalue weighted by Gasteiger charge is 2.16. The van der Waals surface area contributed by atoms with Gasteiger partial charge in [-0.2, -0.15) is 0 Å². The summed E-state index contributed by atoms with van der Waals surface area (Å²) in [5, 5.41) is 2.65. The Morgan fingerprint density at radius 1 is 1.16 bits per heavy atom. The second-order valence-electron chi connectivity index (χ2n) is 5.08. The van der Waals surface area contributed by atoms with Gasteiger partial charge in [-0.05, 0) is 69.8 Å². The number of hydrogen-bond acceptors (Lipinski definition) is 1. The van der Waals surface area contributed by atoms with Gasteiger partial charge in [0.15, 0.2) is 5.78 Å². The minimum absolute atomic E-state index is 0.267. The van der Waals surface area contributed by atoms with Gasteiger partial charge in [0.1, 0.15) is 0 Å². The molecule has 2 heteroatoms. The molecule has 0 saturated heterocycles. The van der Waals surface area contributed by atoms with E-state index >= 15 is 0 Å². The fraction of sp³-hybridized carbons (Fsp3) is 0.235. The highest BCUT2D eigenvalue weighted by molar-refractivity contribution is 14.1. The van der Waals surface area contributed by atoms with Gasteiger partial charge in [0.05, 0.1) is 0 Å². The molecule has 0 N–H and O–H groups in total. The first-order valence-electron chi connectivity index (χ1n) is 6.61. The lowest BCUT2D eigenvalue weighted by Crippen LogP contribution is -2.11. The Labute approximate surface area is 126 Å². The van der Waals surface area contributed by atoms with Gasteiger partial charge in [-0.15, -0.1) is 0 Å². The Morgan fingerprint density at radius 2 is 2.00 bits per heavy atom. The summed E-state index contributed by atoms with van der Waals surface area (Å²) in [7, 11) is 0. The molecule has 0 radical (unpaired) electrons. The average molecular weight is 362 g/mol. The van der Waals surface area contributed by atoms with Gasteiger partial charge in [0.25, 0.3) is 0 Å². The van der Waals surface area contributed by atoms with Gasteiger partial charge < -0.3 is 0 Å². The van der Waals surface area contributed by atoms with Crippen molar-refractivity contribution in [2.75, 3.05) is 0 Å². The Balaban J connectivity index is 1.98. The summed E-state index contributed by atoms with van der Waals surface area (Å²) in [6.45, 7) is 0. The van der Waals surface area contributed by atoms with Crippen LogP contribution in [0.1, 0.15) is 18.4 Å². The number of hydrogen-bond donors (Lipinski definition) is 0. The number of carbonyl (C=O) groups excluding carboxylic acids is 1. The molecule has 1 unspecified atom stereocenters. The van der Waals surface area contributed by atoms with Crippen LogP contribution in [0, 0.1) is 9.49 Å². The van der Waals surface area contributed by atoms with E-state index in [1.165, 1.54) is 19.9 Å². The van der Waals surface area contributed by atoms with Crippen molar-refractivity contribution in [1.82, 2.24) is 0 Å². The lowest BCUT2D eigenvalue weighted by molar-refractivity contribution is -0.115. The maximum Gasteiger partial charge on any atom is 0.155 e. The van der Waals surface area contributed by atoms with Crippen LogP contribution < -0.4 is 0 Å². The normalized spacial score (nSPS) is 19.0. The van der Waals surface area contributed by atoms with Gasteiger partial charge in [-0.1, -0.05) is 36.4 Å². The van der Waals surface area contributed by atoms with Gasteiger partial charge >= 0.3 is 0 Å². The zero-order valence-corrected chi connectivity index (χ0v) is 12.8. The molecule has 1 aliphatic carbocycles. The van der Waals surface area contributed by atoms with Gasteiger partial charge in [-0.3, -0.25) is 4.79 Å². The molecule has 2 aromatic carbocycles. The predicted octanol–water partition coefficient (Wildman–Crippen LogP) is 4.52. The molecule has 0 spiro atoms. The van der Waals surface area contributed by atoms with Crippen LogP contribution >= 0.6 is 22.6 Å². The Hall–Kier alpha value is -1.16. The Kier molecular flexibility index (Phi) is 3.69. The Bertz CT molecular complexity index is 657. The molecule has 3 rings (SSSR count). The maximum absolute atomic E-state index is 11.3. The topological polar surface area (TPSA) is 17.1 Å². The number of allylic oxidation sites excluding steroid dienone is 2. The minimum Gasteiger partial charge on any atom is -0.295 e. The van der Waals surface area contributed by atoms with Crippen LogP contribution in [0.2, 0.25) is 0 Å². The minimum atomic E-state index is 0.267. The summed E-state index contributed by atoms with van der Waals surface area (Å²) >= 11 is 2.42. The lowest BCUT2D eigenvalue weighted by Gasteiger charge is -2.18. The molecule has 1 nitrogen and oxygen atoms in total. The van der Waals surface area contributed by atoms with E-state index in [4.69, 9.17) is 0 Å². The molecular formula is C17H15IO. The van der Waals surface area contributed by atoms with E-state index in [0.717, 1.165) is 12.8 Å². The second kappa shape index (κ2) is 5.45. The molecule has 19 heavy (non-hydrogen) atoms. The first kappa shape index (κ1) is 12.9. The largest absolute Gasteiger partial charge is 0.295 e. The second-order valence-corrected chi connectivity index (χ2v) is 6.24. The molecule has 0 fully saturated rings. The number of ketones is 1. The third-order valence-electron chi connectivity index (χ3n) is 3.77. The number of halogens is 1. The van der Waals surface area contributed by atoms with Crippen LogP contribution in [0.15, 0.2) is 48.6 Å². The molecule has 0 aliphatic heterocycles. The molecule has 0 aromatic heterocycles. The van der Waals surface area contributed by atoms with Crippen molar-refractivity contribution in [3.63, 3.8) is 0 Å². The highest BCUT2D eigenvalue weighted by Crippen LogP contribution is 2.29. The first-order chi connectivity index (χ1) is 9.24. The Morgan fingerprint density at radius 3 is 2.79 bits per heavy atom. The monoisotopic (exact) mass is 362 g/mol. The van der Waals surface area contributed by atoms with Crippen molar-refractivity contribution >= 4 is 39.1 Å². The smallest absolute Gasteiger partial charge is 0.155 e. The van der Waals surface area contributed by atoms with Crippen molar-refractivity contribution in [2.45, 2.75) is 19.3 Å². The van der Waals surface area contributed by atoms with Crippen molar-refractivity contribution in [1.29, 1.82) is 0 Å². The lowest BCUT2D eigenvalue weighted by atomic mass is 9.88. The number of rotatable bonds is 2. The molecule has 96 valence electrons. The van der Waals surface area contributed by atoms with Crippen LogP contribution in [-0.2, 0) is 11.2 Å². The third kappa shape index (κ3) is 2.73. The van der Waals surface area contributed by atoms with Gasteiger partial charge in [0.2, 0.25) is 0 Å². The molecule has 0 heterocycles. The van der Waals surface area contributed by atoms with Gasteiger partial charge in [0, 0.05) is 9.99 Å². The van der Waals surface area contributed by atoms with Crippen molar-refractivity contribution in [3.8, 4) is 0 Å². The van der Waals surface area contributed by atoms with Crippen LogP contribution in [0.25, 0.3) is 10.8 Å². The number of carbonyl (C=O) groups is 1. The van der Waals surface area contributed by atoms with Crippen LogP contribution in [-0.4, -0.2) is 5.78 Å². The highest BCUT2D eigenvalue weighted by atomic mass is 127. The van der Waals surface area contributed by atoms with Crippen LogP contribution in [0.4, 0.5) is 0 Å². The molecule has 1 atom stereocenters. The van der Waals surface area contributed by atoms with E-state index in [2.05, 4.69) is 65.1 Å². The average Bonchev–Trinajstić information content (AvgIpc) is 2.44. The number of benzene rings is 2.